The van der Waals surface area contributed by atoms with Crippen molar-refractivity contribution in [3.05, 3.63) is 48.6 Å². The molecule has 2 aromatic heterocycles. The summed E-state index contributed by atoms with van der Waals surface area (Å²) in [4.78, 5) is 12.1. The van der Waals surface area contributed by atoms with E-state index in [0.717, 1.165) is 10.9 Å². The molecule has 7 nitrogen and oxygen atoms in total. The average Bonchev–Trinajstić information content (AvgIpc) is 3.22. The van der Waals surface area contributed by atoms with Gasteiger partial charge in [-0.15, -0.1) is 0 Å². The SMILES string of the molecule is CC(C)n1cc2cc(NC(=O)NCC(C)(O)c3ccco3)ccc2n1. The van der Waals surface area contributed by atoms with Crippen LogP contribution in [0.15, 0.2) is 47.2 Å². The molecule has 0 aliphatic carbocycles. The summed E-state index contributed by atoms with van der Waals surface area (Å²) in [6, 6.07) is 8.76. The van der Waals surface area contributed by atoms with Gasteiger partial charge < -0.3 is 20.2 Å². The van der Waals surface area contributed by atoms with Gasteiger partial charge in [0.05, 0.1) is 18.3 Å². The normalized spacial score (nSPS) is 13.8. The number of furan rings is 1. The molecule has 1 aromatic carbocycles. The molecule has 2 amide bonds. The molecule has 132 valence electrons. The van der Waals surface area contributed by atoms with Crippen molar-refractivity contribution in [3.8, 4) is 0 Å². The number of carbonyl (C=O) groups excluding carboxylic acids is 1. The largest absolute Gasteiger partial charge is 0.466 e. The van der Waals surface area contributed by atoms with Gasteiger partial charge in [-0.1, -0.05) is 0 Å². The maximum atomic E-state index is 12.1. The summed E-state index contributed by atoms with van der Waals surface area (Å²) in [5, 5.41) is 21.2. The zero-order valence-electron chi connectivity index (χ0n) is 14.5. The summed E-state index contributed by atoms with van der Waals surface area (Å²) >= 11 is 0. The van der Waals surface area contributed by atoms with Crippen LogP contribution in [0.4, 0.5) is 10.5 Å². The molecule has 0 spiro atoms. The number of hydrogen-bond donors (Lipinski definition) is 3. The zero-order chi connectivity index (χ0) is 18.0. The van der Waals surface area contributed by atoms with E-state index in [1.807, 2.05) is 23.0 Å². The molecular formula is C18H22N4O3. The van der Waals surface area contributed by atoms with E-state index in [0.29, 0.717) is 11.4 Å². The van der Waals surface area contributed by atoms with Crippen LogP contribution >= 0.6 is 0 Å². The minimum Gasteiger partial charge on any atom is -0.466 e. The van der Waals surface area contributed by atoms with Crippen LogP contribution in [0.25, 0.3) is 10.9 Å². The standard InChI is InChI=1S/C18H22N4O3/c1-12(2)22-10-13-9-14(6-7-15(13)21-22)20-17(23)19-11-18(3,24)16-5-4-8-25-16/h4-10,12,24H,11H2,1-3H3,(H2,19,20,23). The number of nitrogens with zero attached hydrogens (tertiary/aromatic N) is 2. The number of anilines is 1. The molecule has 2 heterocycles. The van der Waals surface area contributed by atoms with E-state index in [2.05, 4.69) is 29.6 Å². The number of benzene rings is 1. The Morgan fingerprint density at radius 3 is 2.88 bits per heavy atom. The molecular weight excluding hydrogens is 320 g/mol. The van der Waals surface area contributed by atoms with Crippen LogP contribution in [0.1, 0.15) is 32.6 Å². The minimum atomic E-state index is -1.27. The molecule has 0 bridgehead atoms. The van der Waals surface area contributed by atoms with Crippen LogP contribution in [-0.2, 0) is 5.60 Å². The van der Waals surface area contributed by atoms with Crippen molar-refractivity contribution in [1.29, 1.82) is 0 Å². The fourth-order valence-electron chi connectivity index (χ4n) is 2.49. The minimum absolute atomic E-state index is 0.0277. The molecule has 0 saturated heterocycles. The Labute approximate surface area is 145 Å². The zero-order valence-corrected chi connectivity index (χ0v) is 14.5. The Balaban J connectivity index is 1.63. The number of carbonyl (C=O) groups is 1. The van der Waals surface area contributed by atoms with E-state index in [1.165, 1.54) is 6.26 Å². The highest BCUT2D eigenvalue weighted by Crippen LogP contribution is 2.21. The molecule has 1 unspecified atom stereocenters. The van der Waals surface area contributed by atoms with Crippen LogP contribution in [0, 0.1) is 0 Å². The summed E-state index contributed by atoms with van der Waals surface area (Å²) in [7, 11) is 0. The number of aliphatic hydroxyl groups is 1. The van der Waals surface area contributed by atoms with Gasteiger partial charge in [0, 0.05) is 23.3 Å². The first-order valence-electron chi connectivity index (χ1n) is 8.15. The summed E-state index contributed by atoms with van der Waals surface area (Å²) in [5.74, 6) is 0.398. The van der Waals surface area contributed by atoms with Crippen molar-refractivity contribution in [2.45, 2.75) is 32.4 Å². The highest BCUT2D eigenvalue weighted by atomic mass is 16.4. The second-order valence-electron chi connectivity index (χ2n) is 6.54. The number of hydrogen-bond acceptors (Lipinski definition) is 4. The van der Waals surface area contributed by atoms with Crippen molar-refractivity contribution >= 4 is 22.6 Å². The van der Waals surface area contributed by atoms with Crippen molar-refractivity contribution in [1.82, 2.24) is 15.1 Å². The molecule has 0 saturated carbocycles. The third-order valence-corrected chi connectivity index (χ3v) is 3.95. The van der Waals surface area contributed by atoms with Gasteiger partial charge in [-0.2, -0.15) is 5.10 Å². The lowest BCUT2D eigenvalue weighted by Crippen LogP contribution is -2.40. The van der Waals surface area contributed by atoms with E-state index in [1.54, 1.807) is 25.1 Å². The van der Waals surface area contributed by atoms with Crippen LogP contribution < -0.4 is 10.6 Å². The first kappa shape index (κ1) is 17.0. The monoisotopic (exact) mass is 342 g/mol. The summed E-state index contributed by atoms with van der Waals surface area (Å²) in [6.45, 7) is 5.73. The van der Waals surface area contributed by atoms with Gasteiger partial charge in [0.1, 0.15) is 11.4 Å². The molecule has 3 rings (SSSR count). The third-order valence-electron chi connectivity index (χ3n) is 3.95. The Morgan fingerprint density at radius 1 is 1.40 bits per heavy atom. The molecule has 0 aliphatic heterocycles. The van der Waals surface area contributed by atoms with Crippen LogP contribution in [0.5, 0.6) is 0 Å². The molecule has 25 heavy (non-hydrogen) atoms. The smallest absolute Gasteiger partial charge is 0.319 e. The molecule has 0 fully saturated rings. The summed E-state index contributed by atoms with van der Waals surface area (Å²) in [6.07, 6.45) is 3.43. The number of rotatable bonds is 5. The first-order chi connectivity index (χ1) is 11.8. The second-order valence-corrected chi connectivity index (χ2v) is 6.54. The van der Waals surface area contributed by atoms with Gasteiger partial charge in [-0.25, -0.2) is 4.79 Å². The van der Waals surface area contributed by atoms with E-state index in [4.69, 9.17) is 4.42 Å². The second kappa shape index (κ2) is 6.60. The van der Waals surface area contributed by atoms with Crippen LogP contribution in [0.3, 0.4) is 0 Å². The van der Waals surface area contributed by atoms with Gasteiger partial charge in [-0.3, -0.25) is 4.68 Å². The number of amides is 2. The Morgan fingerprint density at radius 2 is 2.20 bits per heavy atom. The first-order valence-corrected chi connectivity index (χ1v) is 8.15. The topological polar surface area (TPSA) is 92.3 Å². The Hall–Kier alpha value is -2.80. The lowest BCUT2D eigenvalue weighted by Gasteiger charge is -2.21. The fourth-order valence-corrected chi connectivity index (χ4v) is 2.49. The van der Waals surface area contributed by atoms with E-state index >= 15 is 0 Å². The van der Waals surface area contributed by atoms with Gasteiger partial charge in [0.15, 0.2) is 0 Å². The van der Waals surface area contributed by atoms with Crippen molar-refractivity contribution in [2.24, 2.45) is 0 Å². The third kappa shape index (κ3) is 3.83. The lowest BCUT2D eigenvalue weighted by molar-refractivity contribution is 0.0372. The number of fused-ring (bicyclic) bond motifs is 1. The van der Waals surface area contributed by atoms with E-state index in [9.17, 15) is 9.90 Å². The van der Waals surface area contributed by atoms with Crippen LogP contribution in [-0.4, -0.2) is 27.5 Å². The Bertz CT molecular complexity index is 866. The van der Waals surface area contributed by atoms with Crippen molar-refractivity contribution in [2.75, 3.05) is 11.9 Å². The maximum Gasteiger partial charge on any atom is 0.319 e. The van der Waals surface area contributed by atoms with Gasteiger partial charge in [0.25, 0.3) is 0 Å². The van der Waals surface area contributed by atoms with Crippen molar-refractivity contribution in [3.63, 3.8) is 0 Å². The van der Waals surface area contributed by atoms with Gasteiger partial charge in [0.2, 0.25) is 0 Å². The quantitative estimate of drug-likeness (QED) is 0.664. The van der Waals surface area contributed by atoms with Gasteiger partial charge in [-0.05, 0) is 51.1 Å². The van der Waals surface area contributed by atoms with Crippen LogP contribution in [0.2, 0.25) is 0 Å². The fraction of sp³-hybridized carbons (Fsp3) is 0.333. The molecule has 0 aliphatic rings. The lowest BCUT2D eigenvalue weighted by atomic mass is 10.0. The predicted octanol–water partition coefficient (Wildman–Crippen LogP) is 3.24. The van der Waals surface area contributed by atoms with Crippen molar-refractivity contribution < 1.29 is 14.3 Å². The Kier molecular flexibility index (Phi) is 4.50. The number of urea groups is 1. The van der Waals surface area contributed by atoms with Gasteiger partial charge >= 0.3 is 6.03 Å². The highest BCUT2D eigenvalue weighted by Gasteiger charge is 2.26. The van der Waals surface area contributed by atoms with E-state index < -0.39 is 11.6 Å². The maximum absolute atomic E-state index is 12.1. The molecule has 3 aromatic rings. The summed E-state index contributed by atoms with van der Waals surface area (Å²) in [5.41, 5.74) is 0.259. The molecule has 0 radical (unpaired) electrons. The summed E-state index contributed by atoms with van der Waals surface area (Å²) < 4.78 is 7.07. The number of nitrogens with one attached hydrogen (secondary N) is 2. The molecule has 7 heteroatoms. The predicted molar refractivity (Wildman–Crippen MR) is 95.4 cm³/mol. The number of aromatic nitrogens is 2. The molecule has 3 N–H and O–H groups in total. The van der Waals surface area contributed by atoms with E-state index in [-0.39, 0.29) is 12.6 Å². The highest BCUT2D eigenvalue weighted by molar-refractivity contribution is 5.92. The molecule has 1 atom stereocenters. The average molecular weight is 342 g/mol.